The van der Waals surface area contributed by atoms with E-state index in [0.29, 0.717) is 33.7 Å². The third-order valence-corrected chi connectivity index (χ3v) is 3.56. The van der Waals surface area contributed by atoms with Crippen LogP contribution in [0.2, 0.25) is 5.02 Å². The predicted octanol–water partition coefficient (Wildman–Crippen LogP) is 3.14. The van der Waals surface area contributed by atoms with Crippen LogP contribution in [-0.4, -0.2) is 25.3 Å². The van der Waals surface area contributed by atoms with Crippen LogP contribution in [0.3, 0.4) is 0 Å². The summed E-state index contributed by atoms with van der Waals surface area (Å²) in [7, 11) is 3.01. The minimum atomic E-state index is -0.211. The van der Waals surface area contributed by atoms with Crippen molar-refractivity contribution in [3.8, 4) is 11.5 Å². The number of amides is 1. The summed E-state index contributed by atoms with van der Waals surface area (Å²) in [4.78, 5) is 12.2. The van der Waals surface area contributed by atoms with Crippen LogP contribution in [-0.2, 0) is 11.2 Å². The van der Waals surface area contributed by atoms with Gasteiger partial charge < -0.3 is 19.3 Å². The van der Waals surface area contributed by atoms with Crippen LogP contribution in [0.4, 0.5) is 5.69 Å². The van der Waals surface area contributed by atoms with Gasteiger partial charge in [-0.1, -0.05) is 16.8 Å². The summed E-state index contributed by atoms with van der Waals surface area (Å²) in [5.74, 6) is 1.33. The quantitative estimate of drug-likeness (QED) is 0.914. The molecule has 22 heavy (non-hydrogen) atoms. The Hall–Kier alpha value is -2.21. The molecule has 0 atom stereocenters. The summed E-state index contributed by atoms with van der Waals surface area (Å²) in [6.07, 6.45) is 0.162. The molecule has 0 aliphatic heterocycles. The first kappa shape index (κ1) is 16.2. The molecule has 6 nitrogen and oxygen atoms in total. The topological polar surface area (TPSA) is 73.6 Å². The normalized spacial score (nSPS) is 10.4. The van der Waals surface area contributed by atoms with Gasteiger partial charge in [-0.25, -0.2) is 0 Å². The SMILES string of the molecule is COc1cc(NC(=O)Cc2c(C)noc2C)c(OC)cc1Cl. The van der Waals surface area contributed by atoms with Crippen molar-refractivity contribution < 1.29 is 18.8 Å². The maximum Gasteiger partial charge on any atom is 0.229 e. The molecule has 1 N–H and O–H groups in total. The lowest BCUT2D eigenvalue weighted by Crippen LogP contribution is -2.16. The van der Waals surface area contributed by atoms with Crippen LogP contribution < -0.4 is 14.8 Å². The first-order valence-electron chi connectivity index (χ1n) is 6.59. The Morgan fingerprint density at radius 3 is 2.50 bits per heavy atom. The summed E-state index contributed by atoms with van der Waals surface area (Å²) in [5, 5.41) is 7.02. The molecule has 0 fully saturated rings. The number of aryl methyl sites for hydroxylation is 2. The van der Waals surface area contributed by atoms with Crippen molar-refractivity contribution in [2.45, 2.75) is 20.3 Å². The number of aromatic nitrogens is 1. The molecular formula is C15H17ClN2O4. The number of anilines is 1. The largest absolute Gasteiger partial charge is 0.495 e. The lowest BCUT2D eigenvalue weighted by Gasteiger charge is -2.13. The number of rotatable bonds is 5. The van der Waals surface area contributed by atoms with E-state index in [1.54, 1.807) is 26.0 Å². The summed E-state index contributed by atoms with van der Waals surface area (Å²) in [5.41, 5.74) is 1.96. The van der Waals surface area contributed by atoms with Crippen LogP contribution in [0.15, 0.2) is 16.7 Å². The standard InChI is InChI=1S/C15H17ClN2O4/c1-8-10(9(2)22-18-8)5-15(19)17-12-7-13(20-3)11(16)6-14(12)21-4/h6-7H,5H2,1-4H3,(H,17,19). The third kappa shape index (κ3) is 3.33. The zero-order chi connectivity index (χ0) is 16.3. The summed E-state index contributed by atoms with van der Waals surface area (Å²) < 4.78 is 15.4. The van der Waals surface area contributed by atoms with E-state index in [0.717, 1.165) is 5.56 Å². The van der Waals surface area contributed by atoms with E-state index in [1.807, 2.05) is 0 Å². The van der Waals surface area contributed by atoms with Crippen molar-refractivity contribution in [2.24, 2.45) is 0 Å². The summed E-state index contributed by atoms with van der Waals surface area (Å²) in [6.45, 7) is 3.57. The highest BCUT2D eigenvalue weighted by atomic mass is 35.5. The summed E-state index contributed by atoms with van der Waals surface area (Å²) in [6, 6.07) is 3.21. The van der Waals surface area contributed by atoms with Crippen molar-refractivity contribution in [3.63, 3.8) is 0 Å². The Morgan fingerprint density at radius 2 is 1.95 bits per heavy atom. The van der Waals surface area contributed by atoms with Crippen LogP contribution in [0.5, 0.6) is 11.5 Å². The number of hydrogen-bond donors (Lipinski definition) is 1. The fourth-order valence-electron chi connectivity index (χ4n) is 2.07. The number of carbonyl (C=O) groups is 1. The number of nitrogens with zero attached hydrogens (tertiary/aromatic N) is 1. The molecule has 2 aromatic rings. The summed E-state index contributed by atoms with van der Waals surface area (Å²) >= 11 is 6.04. The van der Waals surface area contributed by atoms with Crippen LogP contribution in [0.25, 0.3) is 0 Å². The molecule has 118 valence electrons. The first-order valence-corrected chi connectivity index (χ1v) is 6.97. The molecule has 0 aliphatic rings. The van der Waals surface area contributed by atoms with Gasteiger partial charge in [-0.15, -0.1) is 0 Å². The van der Waals surface area contributed by atoms with Gasteiger partial charge in [0.25, 0.3) is 0 Å². The highest BCUT2D eigenvalue weighted by molar-refractivity contribution is 6.32. The zero-order valence-corrected chi connectivity index (χ0v) is 13.6. The van der Waals surface area contributed by atoms with E-state index in [2.05, 4.69) is 10.5 Å². The van der Waals surface area contributed by atoms with Crippen molar-refractivity contribution in [3.05, 3.63) is 34.2 Å². The number of halogens is 1. The number of benzene rings is 1. The van der Waals surface area contributed by atoms with Gasteiger partial charge >= 0.3 is 0 Å². The van der Waals surface area contributed by atoms with Crippen molar-refractivity contribution >= 4 is 23.2 Å². The molecule has 0 spiro atoms. The highest BCUT2D eigenvalue weighted by Crippen LogP contribution is 2.35. The number of methoxy groups -OCH3 is 2. The zero-order valence-electron chi connectivity index (χ0n) is 12.8. The monoisotopic (exact) mass is 324 g/mol. The second-order valence-electron chi connectivity index (χ2n) is 4.71. The van der Waals surface area contributed by atoms with Gasteiger partial charge in [-0.05, 0) is 13.8 Å². The van der Waals surface area contributed by atoms with Crippen LogP contribution in [0, 0.1) is 13.8 Å². The average Bonchev–Trinajstić information content (AvgIpc) is 2.80. The lowest BCUT2D eigenvalue weighted by molar-refractivity contribution is -0.115. The molecule has 1 heterocycles. The van der Waals surface area contributed by atoms with Crippen molar-refractivity contribution in [1.82, 2.24) is 5.16 Å². The van der Waals surface area contributed by atoms with E-state index in [1.165, 1.54) is 14.2 Å². The van der Waals surface area contributed by atoms with Gasteiger partial charge in [0.2, 0.25) is 5.91 Å². The van der Waals surface area contributed by atoms with E-state index in [-0.39, 0.29) is 12.3 Å². The maximum atomic E-state index is 12.2. The molecule has 2 rings (SSSR count). The van der Waals surface area contributed by atoms with Crippen LogP contribution >= 0.6 is 11.6 Å². The van der Waals surface area contributed by atoms with Crippen molar-refractivity contribution in [2.75, 3.05) is 19.5 Å². The Balaban J connectivity index is 2.21. The molecule has 0 radical (unpaired) electrons. The Kier molecular flexibility index (Phi) is 4.92. The van der Waals surface area contributed by atoms with Crippen LogP contribution in [0.1, 0.15) is 17.0 Å². The average molecular weight is 325 g/mol. The molecule has 0 aliphatic carbocycles. The predicted molar refractivity (Wildman–Crippen MR) is 82.9 cm³/mol. The van der Waals surface area contributed by atoms with Gasteiger partial charge in [-0.3, -0.25) is 4.79 Å². The molecule has 0 unspecified atom stereocenters. The third-order valence-electron chi connectivity index (χ3n) is 3.27. The number of hydrogen-bond acceptors (Lipinski definition) is 5. The second-order valence-corrected chi connectivity index (χ2v) is 5.12. The van der Waals surface area contributed by atoms with Gasteiger partial charge in [0.15, 0.2) is 0 Å². The molecule has 0 saturated carbocycles. The minimum Gasteiger partial charge on any atom is -0.495 e. The molecular weight excluding hydrogens is 308 g/mol. The van der Waals surface area contributed by atoms with E-state index in [4.69, 9.17) is 25.6 Å². The number of nitrogens with one attached hydrogen (secondary N) is 1. The Labute approximate surface area is 133 Å². The second kappa shape index (κ2) is 6.70. The molecule has 0 bridgehead atoms. The van der Waals surface area contributed by atoms with E-state index >= 15 is 0 Å². The maximum absolute atomic E-state index is 12.2. The first-order chi connectivity index (χ1) is 10.5. The van der Waals surface area contributed by atoms with E-state index < -0.39 is 0 Å². The lowest BCUT2D eigenvalue weighted by atomic mass is 10.1. The fraction of sp³-hybridized carbons (Fsp3) is 0.333. The van der Waals surface area contributed by atoms with Gasteiger partial charge in [0.1, 0.15) is 17.3 Å². The molecule has 7 heteroatoms. The Morgan fingerprint density at radius 1 is 1.27 bits per heavy atom. The van der Waals surface area contributed by atoms with Gasteiger partial charge in [-0.2, -0.15) is 0 Å². The smallest absolute Gasteiger partial charge is 0.229 e. The molecule has 1 amide bonds. The molecule has 1 aromatic heterocycles. The van der Waals surface area contributed by atoms with Crippen molar-refractivity contribution in [1.29, 1.82) is 0 Å². The Bertz CT molecular complexity index is 678. The fourth-order valence-corrected chi connectivity index (χ4v) is 2.30. The van der Waals surface area contributed by atoms with Gasteiger partial charge in [0.05, 0.1) is 37.0 Å². The van der Waals surface area contributed by atoms with E-state index in [9.17, 15) is 4.79 Å². The number of ether oxygens (including phenoxy) is 2. The highest BCUT2D eigenvalue weighted by Gasteiger charge is 2.16. The minimum absolute atomic E-state index is 0.162. The number of carbonyl (C=O) groups excluding carboxylic acids is 1. The molecule has 0 saturated heterocycles. The van der Waals surface area contributed by atoms with Gasteiger partial charge in [0, 0.05) is 17.7 Å². The molecule has 1 aromatic carbocycles.